The lowest BCUT2D eigenvalue weighted by Gasteiger charge is -2.05. The molecular weight excluding hydrogens is 361 g/mol. The summed E-state index contributed by atoms with van der Waals surface area (Å²) in [4.78, 5) is 21.4. The van der Waals surface area contributed by atoms with E-state index in [9.17, 15) is 9.18 Å². The molecule has 2 aromatic carbocycles. The van der Waals surface area contributed by atoms with Gasteiger partial charge in [-0.05, 0) is 55.0 Å². The molecule has 0 spiro atoms. The summed E-state index contributed by atoms with van der Waals surface area (Å²) in [6, 6.07) is 15.5. The fraction of sp³-hybridized carbons (Fsp3) is 0.0952. The number of nitrogens with one attached hydrogen (secondary N) is 1. The number of aromatic nitrogens is 2. The number of benzene rings is 2. The minimum Gasteiger partial charge on any atom is -0.348 e. The normalized spacial score (nSPS) is 10.9. The minimum absolute atomic E-state index is 0.173. The Labute approximate surface area is 159 Å². The van der Waals surface area contributed by atoms with Gasteiger partial charge in [0.1, 0.15) is 10.8 Å². The fourth-order valence-corrected chi connectivity index (χ4v) is 3.67. The third-order valence-electron chi connectivity index (χ3n) is 4.18. The molecule has 0 aliphatic carbocycles. The van der Waals surface area contributed by atoms with E-state index in [1.54, 1.807) is 18.2 Å². The molecule has 0 bridgehead atoms. The Kier molecular flexibility index (Phi) is 4.64. The number of amides is 1. The summed E-state index contributed by atoms with van der Waals surface area (Å²) in [6.45, 7) is 2.29. The van der Waals surface area contributed by atoms with E-state index in [-0.39, 0.29) is 11.7 Å². The molecule has 1 amide bonds. The molecule has 1 N–H and O–H groups in total. The first kappa shape index (κ1) is 17.3. The minimum atomic E-state index is -0.291. The standard InChI is InChI=1S/C21H16FN3OS/c1-13-2-5-16(12-23-13)21-25-18-9-6-15(10-19(18)27-21)20(26)24-11-14-3-7-17(22)8-4-14/h2-10,12H,11H2,1H3,(H,24,26). The number of carbonyl (C=O) groups excluding carboxylic acids is 1. The zero-order valence-electron chi connectivity index (χ0n) is 14.6. The van der Waals surface area contributed by atoms with Gasteiger partial charge in [0.15, 0.2) is 0 Å². The highest BCUT2D eigenvalue weighted by Gasteiger charge is 2.11. The van der Waals surface area contributed by atoms with Crippen molar-refractivity contribution >= 4 is 27.5 Å². The van der Waals surface area contributed by atoms with Crippen LogP contribution in [0.15, 0.2) is 60.8 Å². The number of halogens is 1. The van der Waals surface area contributed by atoms with Crippen molar-refractivity contribution in [2.75, 3.05) is 0 Å². The molecule has 0 radical (unpaired) electrons. The summed E-state index contributed by atoms with van der Waals surface area (Å²) in [6.07, 6.45) is 1.81. The van der Waals surface area contributed by atoms with E-state index in [1.807, 2.05) is 37.4 Å². The van der Waals surface area contributed by atoms with Gasteiger partial charge < -0.3 is 5.32 Å². The Hall–Kier alpha value is -3.12. The van der Waals surface area contributed by atoms with Gasteiger partial charge in [0.25, 0.3) is 5.91 Å². The van der Waals surface area contributed by atoms with E-state index in [0.717, 1.165) is 32.0 Å². The molecule has 27 heavy (non-hydrogen) atoms. The molecule has 0 atom stereocenters. The van der Waals surface area contributed by atoms with E-state index in [4.69, 9.17) is 0 Å². The van der Waals surface area contributed by atoms with Crippen LogP contribution in [0.4, 0.5) is 4.39 Å². The number of rotatable bonds is 4. The number of hydrogen-bond acceptors (Lipinski definition) is 4. The number of pyridine rings is 1. The highest BCUT2D eigenvalue weighted by atomic mass is 32.1. The molecule has 2 aromatic heterocycles. The molecule has 6 heteroatoms. The van der Waals surface area contributed by atoms with Gasteiger partial charge in [-0.1, -0.05) is 12.1 Å². The lowest BCUT2D eigenvalue weighted by Crippen LogP contribution is -2.22. The van der Waals surface area contributed by atoms with Crippen molar-refractivity contribution in [3.05, 3.63) is 83.4 Å². The van der Waals surface area contributed by atoms with Gasteiger partial charge in [0.05, 0.1) is 10.2 Å². The molecule has 0 saturated heterocycles. The first-order valence-electron chi connectivity index (χ1n) is 8.45. The Morgan fingerprint density at radius 1 is 1.11 bits per heavy atom. The lowest BCUT2D eigenvalue weighted by molar-refractivity contribution is 0.0951. The van der Waals surface area contributed by atoms with Gasteiger partial charge in [0, 0.05) is 29.6 Å². The number of nitrogens with zero attached hydrogens (tertiary/aromatic N) is 2. The molecular formula is C21H16FN3OS. The predicted molar refractivity (Wildman–Crippen MR) is 105 cm³/mol. The van der Waals surface area contributed by atoms with Crippen molar-refractivity contribution in [1.82, 2.24) is 15.3 Å². The van der Waals surface area contributed by atoms with Crippen LogP contribution in [0.25, 0.3) is 20.8 Å². The Bertz CT molecular complexity index is 1100. The maximum atomic E-state index is 12.9. The Morgan fingerprint density at radius 3 is 2.67 bits per heavy atom. The summed E-state index contributed by atoms with van der Waals surface area (Å²) in [5, 5.41) is 3.73. The maximum Gasteiger partial charge on any atom is 0.251 e. The summed E-state index contributed by atoms with van der Waals surface area (Å²) in [5.74, 6) is -0.464. The van der Waals surface area contributed by atoms with Crippen LogP contribution in [0.3, 0.4) is 0 Å². The van der Waals surface area contributed by atoms with Crippen molar-refractivity contribution in [1.29, 1.82) is 0 Å². The second kappa shape index (κ2) is 7.25. The zero-order chi connectivity index (χ0) is 18.8. The van der Waals surface area contributed by atoms with E-state index >= 15 is 0 Å². The van der Waals surface area contributed by atoms with Crippen molar-refractivity contribution in [3.63, 3.8) is 0 Å². The highest BCUT2D eigenvalue weighted by Crippen LogP contribution is 2.30. The summed E-state index contributed by atoms with van der Waals surface area (Å²) < 4.78 is 13.9. The Balaban J connectivity index is 1.53. The highest BCUT2D eigenvalue weighted by molar-refractivity contribution is 7.21. The Morgan fingerprint density at radius 2 is 1.93 bits per heavy atom. The van der Waals surface area contributed by atoms with Gasteiger partial charge >= 0.3 is 0 Å². The smallest absolute Gasteiger partial charge is 0.251 e. The van der Waals surface area contributed by atoms with Crippen LogP contribution in [-0.2, 0) is 6.54 Å². The molecule has 0 aliphatic heterocycles. The summed E-state index contributed by atoms with van der Waals surface area (Å²) in [5.41, 5.74) is 4.19. The van der Waals surface area contributed by atoms with E-state index in [1.165, 1.54) is 23.5 Å². The van der Waals surface area contributed by atoms with Crippen molar-refractivity contribution < 1.29 is 9.18 Å². The molecule has 2 heterocycles. The van der Waals surface area contributed by atoms with Gasteiger partial charge in [-0.25, -0.2) is 9.37 Å². The average molecular weight is 377 g/mol. The monoisotopic (exact) mass is 377 g/mol. The van der Waals surface area contributed by atoms with Crippen molar-refractivity contribution in [2.45, 2.75) is 13.5 Å². The van der Waals surface area contributed by atoms with Crippen LogP contribution in [0, 0.1) is 12.7 Å². The fourth-order valence-electron chi connectivity index (χ4n) is 2.67. The second-order valence-corrected chi connectivity index (χ2v) is 7.23. The maximum absolute atomic E-state index is 12.9. The number of thiazole rings is 1. The molecule has 0 aliphatic rings. The lowest BCUT2D eigenvalue weighted by atomic mass is 10.2. The van der Waals surface area contributed by atoms with Crippen LogP contribution in [0.1, 0.15) is 21.6 Å². The molecule has 4 nitrogen and oxygen atoms in total. The largest absolute Gasteiger partial charge is 0.348 e. The van der Waals surface area contributed by atoms with Crippen molar-refractivity contribution in [3.8, 4) is 10.6 Å². The number of hydrogen-bond donors (Lipinski definition) is 1. The first-order chi connectivity index (χ1) is 13.1. The quantitative estimate of drug-likeness (QED) is 0.559. The molecule has 0 saturated carbocycles. The number of fused-ring (bicyclic) bond motifs is 1. The van der Waals surface area contributed by atoms with Gasteiger partial charge in [0.2, 0.25) is 0 Å². The van der Waals surface area contributed by atoms with Gasteiger partial charge in [-0.15, -0.1) is 11.3 Å². The van der Waals surface area contributed by atoms with E-state index < -0.39 is 0 Å². The average Bonchev–Trinajstić information content (AvgIpc) is 3.11. The number of aryl methyl sites for hydroxylation is 1. The molecule has 4 aromatic rings. The van der Waals surface area contributed by atoms with Crippen molar-refractivity contribution in [2.24, 2.45) is 0 Å². The van der Waals surface area contributed by atoms with Crippen LogP contribution in [-0.4, -0.2) is 15.9 Å². The van der Waals surface area contributed by atoms with E-state index in [0.29, 0.717) is 12.1 Å². The summed E-state index contributed by atoms with van der Waals surface area (Å²) >= 11 is 1.53. The molecule has 0 fully saturated rings. The van der Waals surface area contributed by atoms with Crippen LogP contribution < -0.4 is 5.32 Å². The first-order valence-corrected chi connectivity index (χ1v) is 9.26. The third kappa shape index (κ3) is 3.85. The van der Waals surface area contributed by atoms with Crippen LogP contribution >= 0.6 is 11.3 Å². The van der Waals surface area contributed by atoms with Crippen LogP contribution in [0.2, 0.25) is 0 Å². The molecule has 4 rings (SSSR count). The topological polar surface area (TPSA) is 54.9 Å². The predicted octanol–water partition coefficient (Wildman–Crippen LogP) is 4.74. The second-order valence-electron chi connectivity index (χ2n) is 6.20. The van der Waals surface area contributed by atoms with Gasteiger partial charge in [-0.2, -0.15) is 0 Å². The zero-order valence-corrected chi connectivity index (χ0v) is 15.4. The number of carbonyl (C=O) groups is 1. The SMILES string of the molecule is Cc1ccc(-c2nc3ccc(C(=O)NCc4ccc(F)cc4)cc3s2)cn1. The van der Waals surface area contributed by atoms with E-state index in [2.05, 4.69) is 15.3 Å². The molecule has 134 valence electrons. The molecule has 0 unspecified atom stereocenters. The third-order valence-corrected chi connectivity index (χ3v) is 5.24. The van der Waals surface area contributed by atoms with Gasteiger partial charge in [-0.3, -0.25) is 9.78 Å². The van der Waals surface area contributed by atoms with Crippen LogP contribution in [0.5, 0.6) is 0 Å². The summed E-state index contributed by atoms with van der Waals surface area (Å²) in [7, 11) is 0.